The van der Waals surface area contributed by atoms with E-state index in [1.807, 2.05) is 0 Å². The standard InChI is InChI=1S/C14H20N2O5S/c1-14(2)10-16(8-9-21-14)22(19,20)15-12(13(17)18)11-6-4-3-5-7-11/h3-7,12,15H,8-10H2,1-2H3,(H,17,18). The highest BCUT2D eigenvalue weighted by atomic mass is 32.2. The van der Waals surface area contributed by atoms with Gasteiger partial charge in [0.25, 0.3) is 10.2 Å². The van der Waals surface area contributed by atoms with Gasteiger partial charge < -0.3 is 9.84 Å². The molecule has 2 N–H and O–H groups in total. The summed E-state index contributed by atoms with van der Waals surface area (Å²) in [5.41, 5.74) is -0.218. The van der Waals surface area contributed by atoms with Gasteiger partial charge >= 0.3 is 5.97 Å². The molecule has 1 aliphatic heterocycles. The molecule has 2 rings (SSSR count). The fourth-order valence-electron chi connectivity index (χ4n) is 2.31. The van der Waals surface area contributed by atoms with Crippen molar-refractivity contribution < 1.29 is 23.1 Å². The zero-order valence-corrected chi connectivity index (χ0v) is 13.3. The summed E-state index contributed by atoms with van der Waals surface area (Å²) in [6.45, 7) is 4.22. The highest BCUT2D eigenvalue weighted by Gasteiger charge is 2.36. The van der Waals surface area contributed by atoms with E-state index in [-0.39, 0.29) is 19.7 Å². The van der Waals surface area contributed by atoms with Gasteiger partial charge in [0.15, 0.2) is 0 Å². The van der Waals surface area contributed by atoms with Gasteiger partial charge in [0, 0.05) is 13.1 Å². The van der Waals surface area contributed by atoms with Crippen LogP contribution >= 0.6 is 0 Å². The maximum absolute atomic E-state index is 12.5. The Bertz CT molecular complexity index is 630. The number of hydrogen-bond donors (Lipinski definition) is 2. The molecule has 0 spiro atoms. The second-order valence-corrected chi connectivity index (χ2v) is 7.45. The molecule has 1 aliphatic rings. The molecule has 0 saturated carbocycles. The van der Waals surface area contributed by atoms with Gasteiger partial charge in [-0.3, -0.25) is 4.79 Å². The first-order valence-corrected chi connectivity index (χ1v) is 8.34. The zero-order chi connectivity index (χ0) is 16.4. The van der Waals surface area contributed by atoms with Crippen LogP contribution in [0.5, 0.6) is 0 Å². The van der Waals surface area contributed by atoms with Gasteiger partial charge in [0.05, 0.1) is 12.2 Å². The number of carboxylic acid groups (broad SMARTS) is 1. The summed E-state index contributed by atoms with van der Waals surface area (Å²) in [7, 11) is -3.92. The zero-order valence-electron chi connectivity index (χ0n) is 12.5. The monoisotopic (exact) mass is 328 g/mol. The first-order chi connectivity index (χ1) is 10.2. The van der Waals surface area contributed by atoms with Crippen molar-refractivity contribution in [3.63, 3.8) is 0 Å². The summed E-state index contributed by atoms with van der Waals surface area (Å²) in [4.78, 5) is 11.4. The fraction of sp³-hybridized carbons (Fsp3) is 0.500. The molecular formula is C14H20N2O5S. The number of rotatable bonds is 5. The van der Waals surface area contributed by atoms with E-state index in [1.54, 1.807) is 44.2 Å². The van der Waals surface area contributed by atoms with E-state index < -0.39 is 27.8 Å². The van der Waals surface area contributed by atoms with Crippen molar-refractivity contribution in [1.82, 2.24) is 9.03 Å². The molecule has 1 saturated heterocycles. The number of nitrogens with zero attached hydrogens (tertiary/aromatic N) is 1. The van der Waals surface area contributed by atoms with Crippen molar-refractivity contribution in [1.29, 1.82) is 0 Å². The average Bonchev–Trinajstić information content (AvgIpc) is 2.44. The summed E-state index contributed by atoms with van der Waals surface area (Å²) in [5.74, 6) is -1.25. The van der Waals surface area contributed by atoms with Crippen LogP contribution < -0.4 is 4.72 Å². The lowest BCUT2D eigenvalue weighted by atomic mass is 10.1. The van der Waals surface area contributed by atoms with Crippen LogP contribution in [-0.2, 0) is 19.7 Å². The molecule has 0 aromatic heterocycles. The number of morpholine rings is 1. The number of aliphatic carboxylic acids is 1. The van der Waals surface area contributed by atoms with Gasteiger partial charge in [-0.15, -0.1) is 0 Å². The van der Waals surface area contributed by atoms with E-state index in [9.17, 15) is 18.3 Å². The molecule has 0 bridgehead atoms. The van der Waals surface area contributed by atoms with Gasteiger partial charge in [-0.1, -0.05) is 30.3 Å². The van der Waals surface area contributed by atoms with Crippen LogP contribution in [0.25, 0.3) is 0 Å². The summed E-state index contributed by atoms with van der Waals surface area (Å²) in [5, 5.41) is 9.32. The molecule has 1 aromatic rings. The SMILES string of the molecule is CC1(C)CN(S(=O)(=O)NC(C(=O)O)c2ccccc2)CCO1. The number of benzene rings is 1. The first-order valence-electron chi connectivity index (χ1n) is 6.90. The van der Waals surface area contributed by atoms with Crippen LogP contribution in [-0.4, -0.2) is 49.1 Å². The molecular weight excluding hydrogens is 308 g/mol. The van der Waals surface area contributed by atoms with Gasteiger partial charge in [-0.05, 0) is 19.4 Å². The molecule has 8 heteroatoms. The molecule has 1 heterocycles. The van der Waals surface area contributed by atoms with Crippen LogP contribution in [0.4, 0.5) is 0 Å². The fourth-order valence-corrected chi connectivity index (χ4v) is 3.79. The Hall–Kier alpha value is -1.48. The summed E-state index contributed by atoms with van der Waals surface area (Å²) in [6.07, 6.45) is 0. The van der Waals surface area contributed by atoms with Crippen LogP contribution in [0.15, 0.2) is 30.3 Å². The normalized spacial score (nSPS) is 20.5. The first kappa shape index (κ1) is 16.9. The van der Waals surface area contributed by atoms with Crippen LogP contribution in [0.1, 0.15) is 25.5 Å². The smallest absolute Gasteiger partial charge is 0.326 e. The van der Waals surface area contributed by atoms with E-state index in [0.29, 0.717) is 5.56 Å². The predicted molar refractivity (Wildman–Crippen MR) is 80.5 cm³/mol. The van der Waals surface area contributed by atoms with Gasteiger partial charge in [0.1, 0.15) is 6.04 Å². The second-order valence-electron chi connectivity index (χ2n) is 5.75. The lowest BCUT2D eigenvalue weighted by Crippen LogP contribution is -2.54. The molecule has 7 nitrogen and oxygen atoms in total. The predicted octanol–water partition coefficient (Wildman–Crippen LogP) is 0.758. The van der Waals surface area contributed by atoms with Crippen molar-refractivity contribution in [3.05, 3.63) is 35.9 Å². The van der Waals surface area contributed by atoms with E-state index in [1.165, 1.54) is 4.31 Å². The minimum atomic E-state index is -3.92. The molecule has 1 aromatic carbocycles. The summed E-state index contributed by atoms with van der Waals surface area (Å²) < 4.78 is 33.9. The Labute approximate surface area is 130 Å². The third-order valence-electron chi connectivity index (χ3n) is 3.38. The third kappa shape index (κ3) is 4.04. The third-order valence-corrected chi connectivity index (χ3v) is 4.90. The lowest BCUT2D eigenvalue weighted by molar-refractivity contribution is -0.139. The quantitative estimate of drug-likeness (QED) is 0.832. The van der Waals surface area contributed by atoms with Gasteiger partial charge in [-0.2, -0.15) is 17.4 Å². The molecule has 1 atom stereocenters. The van der Waals surface area contributed by atoms with Crippen molar-refractivity contribution in [2.24, 2.45) is 0 Å². The average molecular weight is 328 g/mol. The molecule has 0 radical (unpaired) electrons. The number of nitrogens with one attached hydrogen (secondary N) is 1. The van der Waals surface area contributed by atoms with Crippen LogP contribution in [0.2, 0.25) is 0 Å². The molecule has 22 heavy (non-hydrogen) atoms. The lowest BCUT2D eigenvalue weighted by Gasteiger charge is -2.37. The van der Waals surface area contributed by atoms with E-state index >= 15 is 0 Å². The minimum Gasteiger partial charge on any atom is -0.480 e. The summed E-state index contributed by atoms with van der Waals surface area (Å²) >= 11 is 0. The van der Waals surface area contributed by atoms with Gasteiger partial charge in [0.2, 0.25) is 0 Å². The molecule has 0 amide bonds. The van der Waals surface area contributed by atoms with Gasteiger partial charge in [-0.25, -0.2) is 0 Å². The number of ether oxygens (including phenoxy) is 1. The topological polar surface area (TPSA) is 95.9 Å². The maximum atomic E-state index is 12.5. The minimum absolute atomic E-state index is 0.170. The van der Waals surface area contributed by atoms with E-state index in [4.69, 9.17) is 4.74 Å². The number of carbonyl (C=O) groups is 1. The Morgan fingerprint density at radius 2 is 2.00 bits per heavy atom. The Kier molecular flexibility index (Phi) is 4.86. The molecule has 1 fully saturated rings. The second kappa shape index (κ2) is 6.33. The van der Waals surface area contributed by atoms with Crippen molar-refractivity contribution >= 4 is 16.2 Å². The largest absolute Gasteiger partial charge is 0.480 e. The van der Waals surface area contributed by atoms with Crippen molar-refractivity contribution in [3.8, 4) is 0 Å². The molecule has 122 valence electrons. The summed E-state index contributed by atoms with van der Waals surface area (Å²) in [6, 6.07) is 6.89. The maximum Gasteiger partial charge on any atom is 0.326 e. The highest BCUT2D eigenvalue weighted by molar-refractivity contribution is 7.87. The van der Waals surface area contributed by atoms with Crippen LogP contribution in [0, 0.1) is 0 Å². The Balaban J connectivity index is 2.20. The number of carboxylic acids is 1. The Morgan fingerprint density at radius 3 is 2.55 bits per heavy atom. The van der Waals surface area contributed by atoms with Crippen LogP contribution in [0.3, 0.4) is 0 Å². The molecule has 1 unspecified atom stereocenters. The number of hydrogen-bond acceptors (Lipinski definition) is 4. The van der Waals surface area contributed by atoms with E-state index in [0.717, 1.165) is 0 Å². The molecule has 0 aliphatic carbocycles. The highest BCUT2D eigenvalue weighted by Crippen LogP contribution is 2.21. The van der Waals surface area contributed by atoms with Crippen molar-refractivity contribution in [2.45, 2.75) is 25.5 Å². The van der Waals surface area contributed by atoms with Crippen molar-refractivity contribution in [2.75, 3.05) is 19.7 Å². The Morgan fingerprint density at radius 1 is 1.36 bits per heavy atom. The van der Waals surface area contributed by atoms with E-state index in [2.05, 4.69) is 4.72 Å².